The van der Waals surface area contributed by atoms with Gasteiger partial charge in [-0.3, -0.25) is 10.1 Å². The number of pyridine rings is 1. The summed E-state index contributed by atoms with van der Waals surface area (Å²) >= 11 is 0. The van der Waals surface area contributed by atoms with Gasteiger partial charge in [0.2, 0.25) is 0 Å². The van der Waals surface area contributed by atoms with Crippen molar-refractivity contribution in [1.29, 1.82) is 0 Å². The number of morpholine rings is 1. The monoisotopic (exact) mass is 287 g/mol. The molecule has 3 rings (SSSR count). The second-order valence-electron chi connectivity index (χ2n) is 5.40. The predicted molar refractivity (Wildman–Crippen MR) is 80.8 cm³/mol. The Morgan fingerprint density at radius 1 is 1.48 bits per heavy atom. The van der Waals surface area contributed by atoms with Crippen molar-refractivity contribution in [3.05, 3.63) is 36.3 Å². The summed E-state index contributed by atoms with van der Waals surface area (Å²) in [6.07, 6.45) is 5.74. The molecule has 6 nitrogen and oxygen atoms in total. The van der Waals surface area contributed by atoms with E-state index in [1.54, 1.807) is 6.20 Å². The summed E-state index contributed by atoms with van der Waals surface area (Å²) < 4.78 is 5.75. The molecule has 2 aromatic rings. The lowest BCUT2D eigenvalue weighted by Gasteiger charge is -2.30. The van der Waals surface area contributed by atoms with E-state index in [0.717, 1.165) is 49.6 Å². The Hall–Kier alpha value is -1.76. The first-order valence-corrected chi connectivity index (χ1v) is 7.26. The molecule has 112 valence electrons. The van der Waals surface area contributed by atoms with E-state index in [-0.39, 0.29) is 6.10 Å². The highest BCUT2D eigenvalue weighted by atomic mass is 16.5. The van der Waals surface area contributed by atoms with Crippen LogP contribution in [-0.2, 0) is 11.3 Å². The maximum absolute atomic E-state index is 5.75. The molecule has 1 fully saturated rings. The number of hydrogen-bond acceptors (Lipinski definition) is 5. The van der Waals surface area contributed by atoms with Crippen molar-refractivity contribution in [3.63, 3.8) is 0 Å². The van der Waals surface area contributed by atoms with Gasteiger partial charge in [0.25, 0.3) is 0 Å². The number of H-pyrrole nitrogens is 1. The maximum Gasteiger partial charge on any atom is 0.0826 e. The average Bonchev–Trinajstić information content (AvgIpc) is 2.97. The van der Waals surface area contributed by atoms with E-state index in [4.69, 9.17) is 4.74 Å². The summed E-state index contributed by atoms with van der Waals surface area (Å²) in [6, 6.07) is 3.96. The van der Waals surface area contributed by atoms with Crippen LogP contribution in [0.25, 0.3) is 11.3 Å². The molecule has 1 aliphatic heterocycles. The molecular weight excluding hydrogens is 266 g/mol. The summed E-state index contributed by atoms with van der Waals surface area (Å²) in [6.45, 7) is 4.43. The third-order valence-corrected chi connectivity index (χ3v) is 3.70. The highest BCUT2D eigenvalue weighted by Crippen LogP contribution is 2.19. The van der Waals surface area contributed by atoms with Gasteiger partial charge in [-0.05, 0) is 19.2 Å². The van der Waals surface area contributed by atoms with Crippen molar-refractivity contribution in [3.8, 4) is 11.3 Å². The Morgan fingerprint density at radius 2 is 2.43 bits per heavy atom. The Labute approximate surface area is 124 Å². The maximum atomic E-state index is 5.75. The molecule has 3 heterocycles. The van der Waals surface area contributed by atoms with Crippen LogP contribution in [0.1, 0.15) is 5.56 Å². The molecule has 21 heavy (non-hydrogen) atoms. The summed E-state index contributed by atoms with van der Waals surface area (Å²) in [5.74, 6) is 0. The van der Waals surface area contributed by atoms with Gasteiger partial charge >= 0.3 is 0 Å². The van der Waals surface area contributed by atoms with E-state index in [9.17, 15) is 0 Å². The topological polar surface area (TPSA) is 66.1 Å². The lowest BCUT2D eigenvalue weighted by Crippen LogP contribution is -2.44. The molecule has 0 aromatic carbocycles. The number of nitrogens with one attached hydrogen (secondary N) is 2. The van der Waals surface area contributed by atoms with Crippen LogP contribution in [0.5, 0.6) is 0 Å². The lowest BCUT2D eigenvalue weighted by molar-refractivity contribution is -0.0182. The van der Waals surface area contributed by atoms with Crippen molar-refractivity contribution in [2.75, 3.05) is 33.3 Å². The molecule has 0 bridgehead atoms. The third-order valence-electron chi connectivity index (χ3n) is 3.70. The van der Waals surface area contributed by atoms with Crippen LogP contribution in [-0.4, -0.2) is 59.5 Å². The zero-order valence-electron chi connectivity index (χ0n) is 12.2. The normalized spacial score (nSPS) is 19.8. The first-order chi connectivity index (χ1) is 10.3. The van der Waals surface area contributed by atoms with Crippen LogP contribution in [0.4, 0.5) is 0 Å². The van der Waals surface area contributed by atoms with Crippen molar-refractivity contribution in [2.24, 2.45) is 0 Å². The molecule has 1 atom stereocenters. The van der Waals surface area contributed by atoms with Gasteiger partial charge in [-0.25, -0.2) is 0 Å². The van der Waals surface area contributed by atoms with Gasteiger partial charge in [-0.1, -0.05) is 0 Å². The zero-order valence-corrected chi connectivity index (χ0v) is 12.2. The van der Waals surface area contributed by atoms with Crippen LogP contribution in [0.15, 0.2) is 30.7 Å². The first kappa shape index (κ1) is 14.2. The Morgan fingerprint density at radius 3 is 3.24 bits per heavy atom. The fourth-order valence-electron chi connectivity index (χ4n) is 2.56. The molecule has 0 spiro atoms. The van der Waals surface area contributed by atoms with Crippen molar-refractivity contribution >= 4 is 0 Å². The molecule has 1 aliphatic rings. The largest absolute Gasteiger partial charge is 0.374 e. The van der Waals surface area contributed by atoms with Gasteiger partial charge < -0.3 is 15.0 Å². The van der Waals surface area contributed by atoms with Crippen LogP contribution in [0.2, 0.25) is 0 Å². The minimum Gasteiger partial charge on any atom is -0.374 e. The van der Waals surface area contributed by atoms with Gasteiger partial charge in [0, 0.05) is 49.7 Å². The standard InChI is InChI=1S/C15H21N5O/c1-20-5-6-21-14(11-20)10-17-8-13-9-18-19-15(13)12-3-2-4-16-7-12/h2-4,7,9,14,17H,5-6,8,10-11H2,1H3,(H,18,19)/t14-/m0/s1. The highest BCUT2D eigenvalue weighted by molar-refractivity contribution is 5.61. The second-order valence-corrected chi connectivity index (χ2v) is 5.40. The molecule has 6 heteroatoms. The summed E-state index contributed by atoms with van der Waals surface area (Å²) in [7, 11) is 2.13. The quantitative estimate of drug-likeness (QED) is 0.855. The number of nitrogens with zero attached hydrogens (tertiary/aromatic N) is 3. The first-order valence-electron chi connectivity index (χ1n) is 7.26. The SMILES string of the molecule is CN1CCO[C@@H](CNCc2cn[nH]c2-c2cccnc2)C1. The number of hydrogen-bond donors (Lipinski definition) is 2. The predicted octanol–water partition coefficient (Wildman–Crippen LogP) is 0.892. The molecule has 0 radical (unpaired) electrons. The molecular formula is C15H21N5O. The van der Waals surface area contributed by atoms with Crippen molar-refractivity contribution < 1.29 is 4.74 Å². The number of ether oxygens (including phenoxy) is 1. The highest BCUT2D eigenvalue weighted by Gasteiger charge is 2.17. The zero-order chi connectivity index (χ0) is 14.5. The second kappa shape index (κ2) is 6.80. The Kier molecular flexibility index (Phi) is 4.59. The minimum absolute atomic E-state index is 0.262. The fraction of sp³-hybridized carbons (Fsp3) is 0.467. The van der Waals surface area contributed by atoms with Crippen LogP contribution >= 0.6 is 0 Å². The molecule has 0 amide bonds. The summed E-state index contributed by atoms with van der Waals surface area (Å²) in [5.41, 5.74) is 3.23. The van der Waals surface area contributed by atoms with Crippen LogP contribution < -0.4 is 5.32 Å². The average molecular weight is 287 g/mol. The van der Waals surface area contributed by atoms with E-state index in [1.807, 2.05) is 24.5 Å². The molecule has 0 unspecified atom stereocenters. The van der Waals surface area contributed by atoms with Gasteiger partial charge in [0.15, 0.2) is 0 Å². The number of rotatable bonds is 5. The van der Waals surface area contributed by atoms with Crippen LogP contribution in [0, 0.1) is 0 Å². The van der Waals surface area contributed by atoms with E-state index >= 15 is 0 Å². The summed E-state index contributed by atoms with van der Waals surface area (Å²) in [4.78, 5) is 6.45. The summed E-state index contributed by atoms with van der Waals surface area (Å²) in [5, 5.41) is 10.6. The molecule has 2 aromatic heterocycles. The molecule has 2 N–H and O–H groups in total. The van der Waals surface area contributed by atoms with Gasteiger partial charge in [-0.2, -0.15) is 5.10 Å². The number of aromatic nitrogens is 3. The Balaban J connectivity index is 1.55. The van der Waals surface area contributed by atoms with E-state index < -0.39 is 0 Å². The molecule has 0 saturated carbocycles. The van der Waals surface area contributed by atoms with Crippen LogP contribution in [0.3, 0.4) is 0 Å². The van der Waals surface area contributed by atoms with Gasteiger partial charge in [0.1, 0.15) is 0 Å². The fourth-order valence-corrected chi connectivity index (χ4v) is 2.56. The molecule has 1 saturated heterocycles. The van der Waals surface area contributed by atoms with Gasteiger partial charge in [-0.15, -0.1) is 0 Å². The van der Waals surface area contributed by atoms with Gasteiger partial charge in [0.05, 0.1) is 24.6 Å². The van der Waals surface area contributed by atoms with Crippen molar-refractivity contribution in [2.45, 2.75) is 12.6 Å². The van der Waals surface area contributed by atoms with Crippen molar-refractivity contribution in [1.82, 2.24) is 25.4 Å². The molecule has 0 aliphatic carbocycles. The van der Waals surface area contributed by atoms with E-state index in [1.165, 1.54) is 0 Å². The smallest absolute Gasteiger partial charge is 0.0826 e. The van der Waals surface area contributed by atoms with E-state index in [0.29, 0.717) is 0 Å². The lowest BCUT2D eigenvalue weighted by atomic mass is 10.1. The van der Waals surface area contributed by atoms with E-state index in [2.05, 4.69) is 32.4 Å². The number of likely N-dealkylation sites (N-methyl/N-ethyl adjacent to an activating group) is 1. The minimum atomic E-state index is 0.262. The number of aromatic amines is 1. The Bertz CT molecular complexity index is 556. The third kappa shape index (κ3) is 3.66.